The van der Waals surface area contributed by atoms with Gasteiger partial charge in [-0.25, -0.2) is 14.5 Å². The van der Waals surface area contributed by atoms with E-state index in [1.54, 1.807) is 21.0 Å². The Kier molecular flexibility index (Phi) is 6.83. The molecule has 0 radical (unpaired) electrons. The number of carbonyl (C=O) groups excluding carboxylic acids is 2. The number of urea groups is 1. The van der Waals surface area contributed by atoms with Crippen LogP contribution in [-0.4, -0.2) is 41.1 Å². The van der Waals surface area contributed by atoms with Crippen molar-refractivity contribution in [2.45, 2.75) is 58.0 Å². The fourth-order valence-corrected chi connectivity index (χ4v) is 4.37. The Hall–Kier alpha value is -3.09. The third kappa shape index (κ3) is 4.65. The highest BCUT2D eigenvalue weighted by atomic mass is 16.5. The van der Waals surface area contributed by atoms with E-state index < -0.39 is 29.4 Å². The van der Waals surface area contributed by atoms with Gasteiger partial charge in [0.1, 0.15) is 0 Å². The predicted octanol–water partition coefficient (Wildman–Crippen LogP) is 4.18. The van der Waals surface area contributed by atoms with Gasteiger partial charge in [-0.3, -0.25) is 4.79 Å². The van der Waals surface area contributed by atoms with E-state index in [1.807, 2.05) is 42.5 Å². The average Bonchev–Trinajstić information content (AvgIpc) is 2.77. The molecule has 2 aliphatic rings. The van der Waals surface area contributed by atoms with Crippen molar-refractivity contribution >= 4 is 17.9 Å². The van der Waals surface area contributed by atoms with E-state index in [0.717, 1.165) is 35.5 Å². The van der Waals surface area contributed by atoms with E-state index in [9.17, 15) is 19.5 Å². The first-order valence-corrected chi connectivity index (χ1v) is 10.6. The smallest absolute Gasteiger partial charge is 0.328 e. The van der Waals surface area contributed by atoms with Crippen molar-refractivity contribution in [3.63, 3.8) is 0 Å². The minimum absolute atomic E-state index is 0.342. The fraction of sp³-hybridized carbons (Fsp3) is 0.458. The Morgan fingerprint density at radius 3 is 2.55 bits per heavy atom. The van der Waals surface area contributed by atoms with Crippen LogP contribution in [-0.2, 0) is 14.3 Å². The van der Waals surface area contributed by atoms with Crippen molar-refractivity contribution in [1.82, 2.24) is 10.2 Å². The lowest BCUT2D eigenvalue weighted by Crippen LogP contribution is -2.73. The molecule has 3 rings (SSSR count). The molecule has 1 aromatic carbocycles. The number of amides is 3. The molecule has 0 unspecified atom stereocenters. The lowest BCUT2D eigenvalue weighted by Gasteiger charge is -2.51. The second-order valence-electron chi connectivity index (χ2n) is 8.43. The number of methoxy groups -OCH3 is 1. The lowest BCUT2D eigenvalue weighted by atomic mass is 9.68. The number of nitrogens with zero attached hydrogens (tertiary/aromatic N) is 1. The van der Waals surface area contributed by atoms with E-state index >= 15 is 0 Å². The minimum atomic E-state index is -1.16. The maximum Gasteiger partial charge on any atom is 0.328 e. The van der Waals surface area contributed by atoms with Crippen molar-refractivity contribution < 1.29 is 24.2 Å². The van der Waals surface area contributed by atoms with Gasteiger partial charge in [0.15, 0.2) is 6.04 Å². The first-order chi connectivity index (χ1) is 14.8. The van der Waals surface area contributed by atoms with Crippen LogP contribution >= 0.6 is 0 Å². The third-order valence-corrected chi connectivity index (χ3v) is 6.31. The standard InChI is InChI=1S/C24H30N2O5/c1-16(18-9-5-4-6-10-18)25-23(30)26-20(21(27)28)24(2,22(26)29)15-7-8-17-11-13-19(31-3)14-12-17/h4-6,9-11,13,16,20H,7-8,12,14-15H2,1-3H3,(H,25,30)(H,27,28)/t16-,20-,24-/m1/s1. The van der Waals surface area contributed by atoms with Crippen LogP contribution in [0.1, 0.15) is 57.6 Å². The zero-order valence-electron chi connectivity index (χ0n) is 18.3. The van der Waals surface area contributed by atoms with Gasteiger partial charge in [0.2, 0.25) is 5.91 Å². The van der Waals surface area contributed by atoms with Crippen molar-refractivity contribution in [3.8, 4) is 0 Å². The van der Waals surface area contributed by atoms with Crippen LogP contribution in [0.5, 0.6) is 0 Å². The largest absolute Gasteiger partial charge is 0.501 e. The molecule has 1 fully saturated rings. The zero-order chi connectivity index (χ0) is 22.6. The number of hydrogen-bond acceptors (Lipinski definition) is 4. The monoisotopic (exact) mass is 426 g/mol. The van der Waals surface area contributed by atoms with Gasteiger partial charge in [0, 0.05) is 6.42 Å². The highest BCUT2D eigenvalue weighted by Gasteiger charge is 2.63. The Morgan fingerprint density at radius 2 is 1.97 bits per heavy atom. The molecule has 3 atom stereocenters. The minimum Gasteiger partial charge on any atom is -0.501 e. The van der Waals surface area contributed by atoms with Crippen molar-refractivity contribution in [1.29, 1.82) is 0 Å². The molecule has 2 N–H and O–H groups in total. The number of allylic oxidation sites excluding steroid dienone is 4. The number of carboxylic acid groups (broad SMARTS) is 1. The molecule has 1 aliphatic carbocycles. The summed E-state index contributed by atoms with van der Waals surface area (Å²) >= 11 is 0. The normalized spacial score (nSPS) is 23.9. The Bertz CT molecular complexity index is 908. The molecule has 31 heavy (non-hydrogen) atoms. The molecule has 0 aromatic heterocycles. The number of imide groups is 1. The van der Waals surface area contributed by atoms with Crippen LogP contribution in [0.3, 0.4) is 0 Å². The molecular formula is C24H30N2O5. The summed E-state index contributed by atoms with van der Waals surface area (Å²) in [6.45, 7) is 3.45. The van der Waals surface area contributed by atoms with Crippen LogP contribution < -0.4 is 5.32 Å². The van der Waals surface area contributed by atoms with Crippen molar-refractivity contribution in [2.75, 3.05) is 7.11 Å². The summed E-state index contributed by atoms with van der Waals surface area (Å²) < 4.78 is 5.23. The van der Waals surface area contributed by atoms with E-state index in [-0.39, 0.29) is 6.04 Å². The maximum atomic E-state index is 12.9. The van der Waals surface area contributed by atoms with Crippen LogP contribution in [0.15, 0.2) is 53.8 Å². The second kappa shape index (κ2) is 9.37. The second-order valence-corrected chi connectivity index (χ2v) is 8.43. The van der Waals surface area contributed by atoms with Gasteiger partial charge in [0.25, 0.3) is 0 Å². The number of carboxylic acids is 1. The SMILES string of the molecule is COC1=CC=C(CCC[C@@]2(C)C(=O)N(C(=O)N[C@H](C)c3ccccc3)[C@@H]2C(=O)O)CC1. The Morgan fingerprint density at radius 1 is 1.26 bits per heavy atom. The maximum absolute atomic E-state index is 12.9. The molecule has 7 heteroatoms. The number of rotatable bonds is 8. The van der Waals surface area contributed by atoms with Gasteiger partial charge >= 0.3 is 12.0 Å². The number of benzene rings is 1. The number of hydrogen-bond donors (Lipinski definition) is 2. The van der Waals surface area contributed by atoms with Gasteiger partial charge in [-0.1, -0.05) is 42.0 Å². The summed E-state index contributed by atoms with van der Waals surface area (Å²) in [7, 11) is 1.66. The van der Waals surface area contributed by atoms with Gasteiger partial charge in [-0.05, 0) is 51.2 Å². The molecule has 1 aromatic rings. The van der Waals surface area contributed by atoms with E-state index in [2.05, 4.69) is 5.32 Å². The van der Waals surface area contributed by atoms with E-state index in [4.69, 9.17) is 4.74 Å². The zero-order valence-corrected chi connectivity index (χ0v) is 18.3. The van der Waals surface area contributed by atoms with Gasteiger partial charge in [-0.15, -0.1) is 0 Å². The molecule has 0 spiro atoms. The highest BCUT2D eigenvalue weighted by molar-refractivity contribution is 6.09. The number of nitrogens with one attached hydrogen (secondary N) is 1. The van der Waals surface area contributed by atoms with Crippen LogP contribution in [0.25, 0.3) is 0 Å². The number of aliphatic carboxylic acids is 1. The summed E-state index contributed by atoms with van der Waals surface area (Å²) in [6.07, 6.45) is 7.63. The molecule has 3 amide bonds. The molecule has 166 valence electrons. The number of carbonyl (C=O) groups is 3. The Balaban J connectivity index is 1.61. The fourth-order valence-electron chi connectivity index (χ4n) is 4.37. The molecule has 0 bridgehead atoms. The summed E-state index contributed by atoms with van der Waals surface area (Å²) in [5.41, 5.74) is 1.06. The van der Waals surface area contributed by atoms with Gasteiger partial charge < -0.3 is 15.2 Å². The van der Waals surface area contributed by atoms with Crippen LogP contribution in [0, 0.1) is 5.41 Å². The van der Waals surface area contributed by atoms with E-state index in [1.165, 1.54) is 5.57 Å². The van der Waals surface area contributed by atoms with Crippen molar-refractivity contribution in [2.24, 2.45) is 5.41 Å². The molecule has 7 nitrogen and oxygen atoms in total. The first-order valence-electron chi connectivity index (χ1n) is 10.6. The van der Waals surface area contributed by atoms with Gasteiger partial charge in [0.05, 0.1) is 24.3 Å². The van der Waals surface area contributed by atoms with Crippen molar-refractivity contribution in [3.05, 3.63) is 59.4 Å². The van der Waals surface area contributed by atoms with E-state index in [0.29, 0.717) is 12.8 Å². The predicted molar refractivity (Wildman–Crippen MR) is 116 cm³/mol. The topological polar surface area (TPSA) is 95.9 Å². The summed E-state index contributed by atoms with van der Waals surface area (Å²) in [5, 5.41) is 12.5. The van der Waals surface area contributed by atoms with Crippen LogP contribution in [0.2, 0.25) is 0 Å². The molecule has 0 saturated carbocycles. The lowest BCUT2D eigenvalue weighted by molar-refractivity contribution is -0.177. The van der Waals surface area contributed by atoms with Crippen LogP contribution in [0.4, 0.5) is 4.79 Å². The third-order valence-electron chi connectivity index (χ3n) is 6.31. The summed E-state index contributed by atoms with van der Waals surface area (Å²) in [4.78, 5) is 38.4. The average molecular weight is 427 g/mol. The highest BCUT2D eigenvalue weighted by Crippen LogP contribution is 2.44. The molecule has 1 heterocycles. The summed E-state index contributed by atoms with van der Waals surface area (Å²) in [5.74, 6) is -0.645. The number of β-lactam (4-membered cyclic amide) rings is 1. The quantitative estimate of drug-likeness (QED) is 0.608. The number of ether oxygens (including phenoxy) is 1. The Labute approximate surface area is 182 Å². The molecular weight excluding hydrogens is 396 g/mol. The summed E-state index contributed by atoms with van der Waals surface area (Å²) in [6, 6.07) is 7.15. The first kappa shape index (κ1) is 22.6. The molecule has 1 aliphatic heterocycles. The van der Waals surface area contributed by atoms with Gasteiger partial charge in [-0.2, -0.15) is 0 Å². The number of likely N-dealkylation sites (tertiary alicyclic amines) is 1. The molecule has 1 saturated heterocycles.